The van der Waals surface area contributed by atoms with E-state index in [0.29, 0.717) is 11.3 Å². The van der Waals surface area contributed by atoms with Crippen molar-refractivity contribution in [2.45, 2.75) is 20.4 Å². The van der Waals surface area contributed by atoms with Gasteiger partial charge in [-0.15, -0.1) is 0 Å². The number of halogens is 1. The first-order valence-electron chi connectivity index (χ1n) is 6.93. The molecule has 0 radical (unpaired) electrons. The second-order valence-corrected chi connectivity index (χ2v) is 5.12. The number of aryl methyl sites for hydroxylation is 2. The van der Waals surface area contributed by atoms with Gasteiger partial charge in [0, 0.05) is 29.6 Å². The van der Waals surface area contributed by atoms with E-state index in [-0.39, 0.29) is 17.8 Å². The van der Waals surface area contributed by atoms with Crippen molar-refractivity contribution in [1.82, 2.24) is 24.9 Å². The van der Waals surface area contributed by atoms with Gasteiger partial charge in [0.2, 0.25) is 0 Å². The van der Waals surface area contributed by atoms with Crippen LogP contribution >= 0.6 is 0 Å². The third-order valence-electron chi connectivity index (χ3n) is 3.59. The number of rotatable bonds is 3. The average Bonchev–Trinajstić information content (AvgIpc) is 2.88. The van der Waals surface area contributed by atoms with Crippen LogP contribution in [0, 0.1) is 19.7 Å². The predicted octanol–water partition coefficient (Wildman–Crippen LogP) is 1.10. The third kappa shape index (κ3) is 2.83. The van der Waals surface area contributed by atoms with Crippen LogP contribution in [0.15, 0.2) is 29.2 Å². The summed E-state index contributed by atoms with van der Waals surface area (Å²) in [6.07, 6.45) is 0.990. The van der Waals surface area contributed by atoms with Crippen molar-refractivity contribution in [3.63, 3.8) is 0 Å². The van der Waals surface area contributed by atoms with Crippen molar-refractivity contribution < 1.29 is 9.18 Å². The van der Waals surface area contributed by atoms with Gasteiger partial charge in [0.15, 0.2) is 5.65 Å². The van der Waals surface area contributed by atoms with E-state index in [1.54, 1.807) is 4.52 Å². The minimum atomic E-state index is -0.501. The first-order valence-corrected chi connectivity index (χ1v) is 6.93. The second kappa shape index (κ2) is 5.64. The lowest BCUT2D eigenvalue weighted by Gasteiger charge is -2.12. The Balaban J connectivity index is 1.85. The molecule has 3 rings (SSSR count). The van der Waals surface area contributed by atoms with Gasteiger partial charge in [-0.2, -0.15) is 0 Å². The molecule has 3 aromatic heterocycles. The SMILES string of the molecule is Cc1nc2cc(=O)[nH]n2c(C)c1CNC(=O)c1ccc(F)cn1. The molecule has 0 aliphatic heterocycles. The number of nitrogens with zero attached hydrogens (tertiary/aromatic N) is 3. The van der Waals surface area contributed by atoms with Gasteiger partial charge in [-0.3, -0.25) is 14.7 Å². The molecule has 3 heterocycles. The van der Waals surface area contributed by atoms with E-state index in [2.05, 4.69) is 20.4 Å². The largest absolute Gasteiger partial charge is 0.346 e. The Morgan fingerprint density at radius 2 is 2.17 bits per heavy atom. The molecule has 118 valence electrons. The summed E-state index contributed by atoms with van der Waals surface area (Å²) in [5.41, 5.74) is 2.71. The van der Waals surface area contributed by atoms with E-state index in [1.165, 1.54) is 18.2 Å². The molecule has 1 amide bonds. The van der Waals surface area contributed by atoms with E-state index < -0.39 is 11.7 Å². The Morgan fingerprint density at radius 1 is 1.39 bits per heavy atom. The molecule has 0 aliphatic carbocycles. The number of aromatic nitrogens is 4. The zero-order valence-corrected chi connectivity index (χ0v) is 12.6. The van der Waals surface area contributed by atoms with Crippen molar-refractivity contribution in [3.8, 4) is 0 Å². The molecule has 0 unspecified atom stereocenters. The summed E-state index contributed by atoms with van der Waals surface area (Å²) in [6, 6.07) is 3.90. The lowest BCUT2D eigenvalue weighted by Crippen LogP contribution is -2.25. The van der Waals surface area contributed by atoms with Gasteiger partial charge in [-0.05, 0) is 26.0 Å². The van der Waals surface area contributed by atoms with Crippen LogP contribution in [0.3, 0.4) is 0 Å². The quantitative estimate of drug-likeness (QED) is 0.757. The fraction of sp³-hybridized carbons (Fsp3) is 0.200. The van der Waals surface area contributed by atoms with Crippen LogP contribution in [0.25, 0.3) is 5.65 Å². The van der Waals surface area contributed by atoms with E-state index in [1.807, 2.05) is 13.8 Å². The molecule has 0 aromatic carbocycles. The molecular weight excluding hydrogens is 301 g/mol. The number of fused-ring (bicyclic) bond motifs is 1. The topological polar surface area (TPSA) is 92.1 Å². The first kappa shape index (κ1) is 14.9. The lowest BCUT2D eigenvalue weighted by atomic mass is 10.1. The maximum atomic E-state index is 12.8. The minimum Gasteiger partial charge on any atom is -0.346 e. The molecule has 0 fully saturated rings. The van der Waals surface area contributed by atoms with Crippen LogP contribution < -0.4 is 10.9 Å². The zero-order chi connectivity index (χ0) is 16.6. The summed E-state index contributed by atoms with van der Waals surface area (Å²) < 4.78 is 14.4. The Labute approximate surface area is 130 Å². The van der Waals surface area contributed by atoms with Crippen LogP contribution in [-0.4, -0.2) is 25.5 Å². The number of nitrogens with one attached hydrogen (secondary N) is 2. The number of hydrogen-bond donors (Lipinski definition) is 2. The van der Waals surface area contributed by atoms with Gasteiger partial charge in [-0.25, -0.2) is 18.9 Å². The molecule has 2 N–H and O–H groups in total. The van der Waals surface area contributed by atoms with Crippen molar-refractivity contribution >= 4 is 11.6 Å². The van der Waals surface area contributed by atoms with Crippen LogP contribution in [0.5, 0.6) is 0 Å². The molecule has 3 aromatic rings. The van der Waals surface area contributed by atoms with Gasteiger partial charge in [-0.1, -0.05) is 0 Å². The fourth-order valence-electron chi connectivity index (χ4n) is 2.38. The zero-order valence-electron chi connectivity index (χ0n) is 12.6. The Morgan fingerprint density at radius 3 is 2.87 bits per heavy atom. The summed E-state index contributed by atoms with van der Waals surface area (Å²) in [4.78, 5) is 31.5. The molecule has 0 saturated heterocycles. The number of hydrogen-bond acceptors (Lipinski definition) is 4. The highest BCUT2D eigenvalue weighted by Crippen LogP contribution is 2.13. The summed E-state index contributed by atoms with van der Waals surface area (Å²) in [5.74, 6) is -0.913. The van der Waals surface area contributed by atoms with Crippen molar-refractivity contribution in [2.24, 2.45) is 0 Å². The monoisotopic (exact) mass is 315 g/mol. The van der Waals surface area contributed by atoms with E-state index in [9.17, 15) is 14.0 Å². The second-order valence-electron chi connectivity index (χ2n) is 5.12. The molecule has 0 aliphatic rings. The summed E-state index contributed by atoms with van der Waals surface area (Å²) in [5, 5.41) is 5.37. The van der Waals surface area contributed by atoms with E-state index in [4.69, 9.17) is 0 Å². The standard InChI is InChI=1S/C15H14FN5O2/c1-8-11(9(2)21-13(19-8)5-14(22)20-21)7-18-15(23)12-4-3-10(16)6-17-12/h3-6H,7H2,1-2H3,(H,18,23)(H,20,22). The number of H-pyrrole nitrogens is 1. The number of carbonyl (C=O) groups excluding carboxylic acids is 1. The van der Waals surface area contributed by atoms with Gasteiger partial charge in [0.25, 0.3) is 11.5 Å². The average molecular weight is 315 g/mol. The van der Waals surface area contributed by atoms with E-state index >= 15 is 0 Å². The predicted molar refractivity (Wildman–Crippen MR) is 80.7 cm³/mol. The molecule has 23 heavy (non-hydrogen) atoms. The van der Waals surface area contributed by atoms with Crippen molar-refractivity contribution in [2.75, 3.05) is 0 Å². The summed E-state index contributed by atoms with van der Waals surface area (Å²) in [7, 11) is 0. The molecule has 7 nitrogen and oxygen atoms in total. The fourth-order valence-corrected chi connectivity index (χ4v) is 2.38. The Kier molecular flexibility index (Phi) is 3.65. The lowest BCUT2D eigenvalue weighted by molar-refractivity contribution is 0.0945. The minimum absolute atomic E-state index is 0.130. The molecule has 0 spiro atoms. The molecule has 8 heteroatoms. The van der Waals surface area contributed by atoms with Crippen LogP contribution in [0.1, 0.15) is 27.4 Å². The molecule has 0 bridgehead atoms. The summed E-state index contributed by atoms with van der Waals surface area (Å²) in [6.45, 7) is 3.86. The van der Waals surface area contributed by atoms with Crippen molar-refractivity contribution in [3.05, 3.63) is 63.2 Å². The van der Waals surface area contributed by atoms with Crippen LogP contribution in [-0.2, 0) is 6.54 Å². The first-order chi connectivity index (χ1) is 11.0. The number of amides is 1. The molecular formula is C15H14FN5O2. The number of carbonyl (C=O) groups is 1. The third-order valence-corrected chi connectivity index (χ3v) is 3.59. The van der Waals surface area contributed by atoms with Gasteiger partial charge < -0.3 is 5.32 Å². The normalized spacial score (nSPS) is 10.9. The highest BCUT2D eigenvalue weighted by Gasteiger charge is 2.13. The Bertz CT molecular complexity index is 943. The van der Waals surface area contributed by atoms with Crippen LogP contribution in [0.4, 0.5) is 4.39 Å². The number of aromatic amines is 1. The molecule has 0 atom stereocenters. The molecule has 0 saturated carbocycles. The van der Waals surface area contributed by atoms with E-state index in [0.717, 1.165) is 17.5 Å². The van der Waals surface area contributed by atoms with Crippen LogP contribution in [0.2, 0.25) is 0 Å². The Hall–Kier alpha value is -3.03. The van der Waals surface area contributed by atoms with Crippen molar-refractivity contribution in [1.29, 1.82) is 0 Å². The smallest absolute Gasteiger partial charge is 0.270 e. The maximum Gasteiger partial charge on any atom is 0.270 e. The van der Waals surface area contributed by atoms with Gasteiger partial charge >= 0.3 is 0 Å². The summed E-state index contributed by atoms with van der Waals surface area (Å²) >= 11 is 0. The highest BCUT2D eigenvalue weighted by atomic mass is 19.1. The highest BCUT2D eigenvalue weighted by molar-refractivity contribution is 5.92. The number of pyridine rings is 1. The maximum absolute atomic E-state index is 12.8. The van der Waals surface area contributed by atoms with Gasteiger partial charge in [0.05, 0.1) is 6.20 Å². The van der Waals surface area contributed by atoms with Gasteiger partial charge in [0.1, 0.15) is 11.5 Å².